The van der Waals surface area contributed by atoms with Crippen molar-refractivity contribution in [2.75, 3.05) is 0 Å². The Bertz CT molecular complexity index is 2340. The molecule has 3 aromatic heterocycles. The van der Waals surface area contributed by atoms with Gasteiger partial charge in [0.15, 0.2) is 0 Å². The minimum atomic E-state index is -1.21. The minimum Gasteiger partial charge on any atom is -0.508 e. The van der Waals surface area contributed by atoms with Gasteiger partial charge in [0.1, 0.15) is 22.8 Å². The number of phenolic OH excluding ortho intramolecular Hbond substituents is 1. The quantitative estimate of drug-likeness (QED) is 0.236. The topological polar surface area (TPSA) is 182 Å². The second kappa shape index (κ2) is 11.7. The van der Waals surface area contributed by atoms with Crippen molar-refractivity contribution < 1.29 is 34.5 Å². The number of aromatic carboxylic acids is 1. The fourth-order valence-corrected chi connectivity index (χ4v) is 5.32. The molecule has 0 bridgehead atoms. The molecule has 0 aliphatic heterocycles. The van der Waals surface area contributed by atoms with Gasteiger partial charge in [-0.05, 0) is 66.2 Å². The van der Waals surface area contributed by atoms with Crippen LogP contribution >= 0.6 is 0 Å². The molecule has 7 aromatic rings. The first-order chi connectivity index (χ1) is 22.2. The molecule has 0 saturated carbocycles. The van der Waals surface area contributed by atoms with E-state index in [2.05, 4.69) is 15.4 Å². The molecule has 3 N–H and O–H groups in total. The summed E-state index contributed by atoms with van der Waals surface area (Å²) in [4.78, 5) is 40.2. The molecule has 0 amide bonds. The number of benzene rings is 4. The van der Waals surface area contributed by atoms with Crippen LogP contribution in [0, 0.1) is 0 Å². The van der Waals surface area contributed by atoms with Gasteiger partial charge in [0.25, 0.3) is 0 Å². The van der Waals surface area contributed by atoms with Crippen LogP contribution in [0.25, 0.3) is 55.6 Å². The molecule has 226 valence electrons. The number of nitrogens with zero attached hydrogens (tertiary/aromatic N) is 6. The first-order valence-electron chi connectivity index (χ1n) is 13.6. The van der Waals surface area contributed by atoms with E-state index in [-0.39, 0.29) is 29.1 Å². The number of fused-ring (bicyclic) bond motifs is 3. The molecule has 0 spiro atoms. The lowest BCUT2D eigenvalue weighted by Crippen LogP contribution is -2.05. The van der Waals surface area contributed by atoms with Crippen molar-refractivity contribution in [3.05, 3.63) is 103 Å². The lowest BCUT2D eigenvalue weighted by Gasteiger charge is -2.04. The van der Waals surface area contributed by atoms with Crippen LogP contribution in [0.4, 0.5) is 0 Å². The molecule has 7 rings (SSSR count). The zero-order valence-corrected chi connectivity index (χ0v) is 23.9. The van der Waals surface area contributed by atoms with Crippen molar-refractivity contribution in [2.24, 2.45) is 0 Å². The number of hydrogen-bond acceptors (Lipinski definition) is 9. The average Bonchev–Trinajstić information content (AvgIpc) is 3.79. The van der Waals surface area contributed by atoms with E-state index in [1.165, 1.54) is 19.1 Å². The molecule has 0 radical (unpaired) electrons. The number of carboxylic acids is 1. The number of phenols is 2. The molecule has 0 unspecified atom stereocenters. The summed E-state index contributed by atoms with van der Waals surface area (Å²) < 4.78 is 4.99. The first-order valence-corrected chi connectivity index (χ1v) is 13.6. The van der Waals surface area contributed by atoms with Gasteiger partial charge in [0, 0.05) is 35.0 Å². The fourth-order valence-electron chi connectivity index (χ4n) is 5.32. The van der Waals surface area contributed by atoms with Crippen molar-refractivity contribution in [3.63, 3.8) is 0 Å². The lowest BCUT2D eigenvalue weighted by molar-refractivity contribution is -0.191. The van der Waals surface area contributed by atoms with Crippen molar-refractivity contribution in [1.29, 1.82) is 0 Å². The Hall–Kier alpha value is -6.85. The summed E-state index contributed by atoms with van der Waals surface area (Å²) in [5, 5.41) is 43.9. The van der Waals surface area contributed by atoms with Crippen LogP contribution in [0.5, 0.6) is 11.5 Å². The maximum absolute atomic E-state index is 12.7. The van der Waals surface area contributed by atoms with Crippen molar-refractivity contribution in [2.45, 2.75) is 6.92 Å². The van der Waals surface area contributed by atoms with Crippen LogP contribution in [-0.2, 0) is 9.59 Å². The van der Waals surface area contributed by atoms with E-state index in [1.807, 2.05) is 42.5 Å². The van der Waals surface area contributed by atoms with E-state index in [0.29, 0.717) is 16.8 Å². The lowest BCUT2D eigenvalue weighted by atomic mass is 10.1. The van der Waals surface area contributed by atoms with Gasteiger partial charge in [0.2, 0.25) is 5.91 Å². The van der Waals surface area contributed by atoms with Gasteiger partial charge in [-0.25, -0.2) is 14.2 Å². The summed E-state index contributed by atoms with van der Waals surface area (Å²) >= 11 is 0. The number of carbonyl (C=O) groups excluding carboxylic acids is 3. The number of carbonyl (C=O) groups is 2. The maximum Gasteiger partial charge on any atom is 0.373 e. The third kappa shape index (κ3) is 5.25. The molecule has 13 heteroatoms. The number of aromatic hydroxyl groups is 2. The molecule has 0 aliphatic rings. The number of aromatic nitrogens is 6. The maximum atomic E-state index is 12.7. The predicted molar refractivity (Wildman–Crippen MR) is 164 cm³/mol. The van der Waals surface area contributed by atoms with Crippen molar-refractivity contribution >= 4 is 39.8 Å². The van der Waals surface area contributed by atoms with Crippen LogP contribution in [0.1, 0.15) is 22.1 Å². The molecule has 46 heavy (non-hydrogen) atoms. The highest BCUT2D eigenvalue weighted by Gasteiger charge is 2.17. The molecule has 0 aliphatic carbocycles. The molecule has 4 aromatic carbocycles. The molecular formula is C33H22N6O7. The summed E-state index contributed by atoms with van der Waals surface area (Å²) in [6.45, 7) is 1.52. The second-order valence-electron chi connectivity index (χ2n) is 10.2. The highest BCUT2D eigenvalue weighted by atomic mass is 16.4. The van der Waals surface area contributed by atoms with Gasteiger partial charge in [-0.1, -0.05) is 23.4 Å². The Labute approximate surface area is 258 Å². The van der Waals surface area contributed by atoms with Gasteiger partial charge in [-0.15, -0.1) is 5.10 Å². The minimum absolute atomic E-state index is 0.126. The van der Waals surface area contributed by atoms with E-state index in [4.69, 9.17) is 9.59 Å². The standard InChI is InChI=1S/C32H22N6O5.CO2/c1-18(39)38-29-9-6-22(36-16-21(15-33-36)19-5-8-25(32(42)43)31(41)12-19)13-26(29)27-14-23(7-10-30(27)38)37-17-28(34-35-37)20-3-2-4-24(40)11-20;2-1-3/h2-17,40-41H,1H3,(H,42,43);. The van der Waals surface area contributed by atoms with E-state index < -0.39 is 5.97 Å². The summed E-state index contributed by atoms with van der Waals surface area (Å²) in [6.07, 6.45) is 5.44. The molecule has 0 atom stereocenters. The van der Waals surface area contributed by atoms with Crippen LogP contribution in [-0.4, -0.2) is 62.7 Å². The molecule has 0 fully saturated rings. The Morgan fingerprint density at radius 3 is 2.04 bits per heavy atom. The van der Waals surface area contributed by atoms with E-state index in [0.717, 1.165) is 38.7 Å². The van der Waals surface area contributed by atoms with Crippen molar-refractivity contribution in [3.8, 4) is 45.3 Å². The van der Waals surface area contributed by atoms with Crippen LogP contribution in [0.3, 0.4) is 0 Å². The largest absolute Gasteiger partial charge is 0.508 e. The van der Waals surface area contributed by atoms with Crippen LogP contribution < -0.4 is 0 Å². The van der Waals surface area contributed by atoms with Gasteiger partial charge in [-0.3, -0.25) is 9.36 Å². The van der Waals surface area contributed by atoms with E-state index >= 15 is 0 Å². The van der Waals surface area contributed by atoms with Gasteiger partial charge in [-0.2, -0.15) is 14.7 Å². The Morgan fingerprint density at radius 1 is 0.761 bits per heavy atom. The third-order valence-electron chi connectivity index (χ3n) is 7.36. The van der Waals surface area contributed by atoms with Crippen LogP contribution in [0.15, 0.2) is 97.5 Å². The van der Waals surface area contributed by atoms with E-state index in [9.17, 15) is 24.9 Å². The fraction of sp³-hybridized carbons (Fsp3) is 0.0303. The first kappa shape index (κ1) is 29.2. The van der Waals surface area contributed by atoms with Crippen LogP contribution in [0.2, 0.25) is 0 Å². The Kier molecular flexibility index (Phi) is 7.42. The normalized spacial score (nSPS) is 10.8. The smallest absolute Gasteiger partial charge is 0.373 e. The molecular weight excluding hydrogens is 592 g/mol. The average molecular weight is 615 g/mol. The summed E-state index contributed by atoms with van der Waals surface area (Å²) in [5.41, 5.74) is 5.43. The number of rotatable bonds is 5. The van der Waals surface area contributed by atoms with Crippen molar-refractivity contribution in [1.82, 2.24) is 29.3 Å². The molecule has 3 heterocycles. The Balaban J connectivity index is 0.00000119. The Morgan fingerprint density at radius 2 is 1.43 bits per heavy atom. The van der Waals surface area contributed by atoms with Gasteiger partial charge in [0.05, 0.1) is 34.8 Å². The zero-order chi connectivity index (χ0) is 32.5. The SMILES string of the molecule is CC(=O)n1c2ccc(-n3cc(-c4ccc(C(=O)O)c(O)c4)cn3)cc2c2cc(-n3cc(-c4cccc(O)c4)nn3)ccc21.O=C=O. The predicted octanol–water partition coefficient (Wildman–Crippen LogP) is 5.08. The third-order valence-corrected chi connectivity index (χ3v) is 7.36. The highest BCUT2D eigenvalue weighted by molar-refractivity contribution is 6.14. The van der Waals surface area contributed by atoms with Gasteiger partial charge < -0.3 is 15.3 Å². The highest BCUT2D eigenvalue weighted by Crippen LogP contribution is 2.33. The number of hydrogen-bond donors (Lipinski definition) is 3. The molecule has 13 nitrogen and oxygen atoms in total. The summed E-state index contributed by atoms with van der Waals surface area (Å²) in [6, 6.07) is 22.5. The molecule has 0 saturated heterocycles. The van der Waals surface area contributed by atoms with Gasteiger partial charge >= 0.3 is 12.1 Å². The monoisotopic (exact) mass is 614 g/mol. The number of carboxylic acid groups (broad SMARTS) is 1. The summed E-state index contributed by atoms with van der Waals surface area (Å²) in [7, 11) is 0. The summed E-state index contributed by atoms with van der Waals surface area (Å²) in [5.74, 6) is -1.52. The van der Waals surface area contributed by atoms with E-state index in [1.54, 1.807) is 56.8 Å². The second-order valence-corrected chi connectivity index (χ2v) is 10.2. The zero-order valence-electron chi connectivity index (χ0n) is 23.9.